The van der Waals surface area contributed by atoms with Crippen LogP contribution in [-0.2, 0) is 0 Å². The molecule has 0 radical (unpaired) electrons. The van der Waals surface area contributed by atoms with Crippen molar-refractivity contribution in [2.45, 2.75) is 111 Å². The van der Waals surface area contributed by atoms with E-state index in [1.807, 2.05) is 18.2 Å². The maximum absolute atomic E-state index is 6.50. The second-order valence-corrected chi connectivity index (χ2v) is 13.9. The Kier molecular flexibility index (Phi) is 7.16. The zero-order chi connectivity index (χ0) is 25.7. The van der Waals surface area contributed by atoms with Crippen LogP contribution >= 0.6 is 0 Å². The van der Waals surface area contributed by atoms with E-state index in [2.05, 4.69) is 40.7 Å². The fourth-order valence-electron chi connectivity index (χ4n) is 10.1. The Morgan fingerprint density at radius 1 is 1.08 bits per heavy atom. The van der Waals surface area contributed by atoms with Gasteiger partial charge in [0.1, 0.15) is 5.75 Å². The van der Waals surface area contributed by atoms with Crippen molar-refractivity contribution in [1.82, 2.24) is 0 Å². The van der Waals surface area contributed by atoms with E-state index in [9.17, 15) is 0 Å². The van der Waals surface area contributed by atoms with Crippen LogP contribution in [0, 0.1) is 46.3 Å². The number of benzene rings is 1. The van der Waals surface area contributed by atoms with E-state index in [1.165, 1.54) is 76.2 Å². The quantitative estimate of drug-likeness (QED) is 0.308. The highest BCUT2D eigenvalue weighted by Crippen LogP contribution is 2.69. The second kappa shape index (κ2) is 9.91. The van der Waals surface area contributed by atoms with Gasteiger partial charge in [0.25, 0.3) is 0 Å². The van der Waals surface area contributed by atoms with Crippen molar-refractivity contribution >= 4 is 11.4 Å². The zero-order valence-electron chi connectivity index (χ0n) is 23.7. The summed E-state index contributed by atoms with van der Waals surface area (Å²) in [6.45, 7) is 12.4. The molecule has 1 aromatic carbocycles. The first-order chi connectivity index (χ1) is 17.1. The summed E-state index contributed by atoms with van der Waals surface area (Å²) in [5.74, 6) is 6.08. The Labute approximate surface area is 220 Å². The van der Waals surface area contributed by atoms with Crippen LogP contribution in [-0.4, -0.2) is 6.10 Å². The SMILES string of the molecule is CC(C)=CCCC(C)C1CCC2C3CCC4CC(Oc5ccc(N)cc5N)CCC4(CCC12C)C3C. The molecule has 0 aromatic heterocycles. The predicted molar refractivity (Wildman–Crippen MR) is 153 cm³/mol. The first-order valence-corrected chi connectivity index (χ1v) is 15.1. The second-order valence-electron chi connectivity index (χ2n) is 13.9. The van der Waals surface area contributed by atoms with Gasteiger partial charge in [0, 0.05) is 5.69 Å². The van der Waals surface area contributed by atoms with Gasteiger partial charge in [-0.05, 0) is 149 Å². The van der Waals surface area contributed by atoms with Crippen LogP contribution in [0.2, 0.25) is 0 Å². The van der Waals surface area contributed by atoms with Gasteiger partial charge in [-0.25, -0.2) is 0 Å². The van der Waals surface area contributed by atoms with Crippen LogP contribution < -0.4 is 16.2 Å². The van der Waals surface area contributed by atoms with Crippen molar-refractivity contribution in [3.63, 3.8) is 0 Å². The maximum Gasteiger partial charge on any atom is 0.142 e. The van der Waals surface area contributed by atoms with Gasteiger partial charge < -0.3 is 16.2 Å². The van der Waals surface area contributed by atoms with E-state index in [0.29, 0.717) is 22.2 Å². The molecule has 3 nitrogen and oxygen atoms in total. The number of fused-ring (bicyclic) bond motifs is 3. The van der Waals surface area contributed by atoms with Gasteiger partial charge in [0.15, 0.2) is 0 Å². The molecule has 1 spiro atoms. The molecule has 9 atom stereocenters. The third-order valence-electron chi connectivity index (χ3n) is 12.0. The summed E-state index contributed by atoms with van der Waals surface area (Å²) < 4.78 is 6.50. The lowest BCUT2D eigenvalue weighted by atomic mass is 9.50. The van der Waals surface area contributed by atoms with Crippen LogP contribution in [0.3, 0.4) is 0 Å². The molecule has 3 heteroatoms. The monoisotopic (exact) mass is 492 g/mol. The molecule has 4 aliphatic carbocycles. The van der Waals surface area contributed by atoms with Crippen LogP contribution in [0.15, 0.2) is 29.8 Å². The lowest BCUT2D eigenvalue weighted by Crippen LogP contribution is -2.49. The minimum absolute atomic E-state index is 0.288. The number of nitrogen functional groups attached to an aromatic ring is 2. The van der Waals surface area contributed by atoms with Gasteiger partial charge >= 0.3 is 0 Å². The first kappa shape index (κ1) is 26.0. The largest absolute Gasteiger partial charge is 0.488 e. The molecule has 36 heavy (non-hydrogen) atoms. The molecule has 4 aliphatic rings. The topological polar surface area (TPSA) is 61.3 Å². The van der Waals surface area contributed by atoms with Crippen molar-refractivity contribution in [3.05, 3.63) is 29.8 Å². The van der Waals surface area contributed by atoms with Gasteiger partial charge in [0.05, 0.1) is 11.8 Å². The van der Waals surface area contributed by atoms with E-state index >= 15 is 0 Å². The summed E-state index contributed by atoms with van der Waals surface area (Å²) in [6.07, 6.45) is 17.7. The van der Waals surface area contributed by atoms with Crippen molar-refractivity contribution < 1.29 is 4.74 Å². The summed E-state index contributed by atoms with van der Waals surface area (Å²) >= 11 is 0. The van der Waals surface area contributed by atoms with Gasteiger partial charge in [0.2, 0.25) is 0 Å². The molecule has 9 unspecified atom stereocenters. The van der Waals surface area contributed by atoms with Crippen LogP contribution in [0.25, 0.3) is 0 Å². The standard InChI is InChI=1S/C33H52N2O/c1-21(2)7-6-8-22(3)28-12-13-29-27-11-9-24-19-26(36-31-14-10-25(34)20-30(31)35)15-16-33(24,23(27)4)18-17-32(28,29)5/h7,10,14,20,22-24,26-29H,6,8-9,11-13,15-19,34-35H2,1-5H3. The molecule has 4 saturated carbocycles. The molecule has 0 heterocycles. The molecule has 4 fully saturated rings. The third kappa shape index (κ3) is 4.47. The van der Waals surface area contributed by atoms with E-state index in [4.69, 9.17) is 16.2 Å². The molecule has 0 aliphatic heterocycles. The Balaban J connectivity index is 1.31. The number of rotatable bonds is 6. The Morgan fingerprint density at radius 2 is 1.89 bits per heavy atom. The number of ether oxygens (including phenoxy) is 1. The average molecular weight is 493 g/mol. The van der Waals surface area contributed by atoms with Crippen molar-refractivity contribution in [3.8, 4) is 5.75 Å². The number of nitrogens with two attached hydrogens (primary N) is 2. The smallest absolute Gasteiger partial charge is 0.142 e. The molecular weight excluding hydrogens is 440 g/mol. The fourth-order valence-corrected chi connectivity index (χ4v) is 10.1. The summed E-state index contributed by atoms with van der Waals surface area (Å²) in [5, 5.41) is 0. The molecule has 1 aromatic rings. The van der Waals surface area contributed by atoms with Crippen LogP contribution in [0.4, 0.5) is 11.4 Å². The van der Waals surface area contributed by atoms with Gasteiger partial charge in [-0.3, -0.25) is 0 Å². The van der Waals surface area contributed by atoms with E-state index < -0.39 is 0 Å². The minimum atomic E-state index is 0.288. The zero-order valence-corrected chi connectivity index (χ0v) is 23.7. The molecular formula is C33H52N2O. The Hall–Kier alpha value is -1.64. The number of hydrogen-bond donors (Lipinski definition) is 2. The third-order valence-corrected chi connectivity index (χ3v) is 12.0. The molecule has 2 bridgehead atoms. The summed E-state index contributed by atoms with van der Waals surface area (Å²) in [4.78, 5) is 0. The average Bonchev–Trinajstić information content (AvgIpc) is 3.15. The molecule has 0 saturated heterocycles. The Bertz CT molecular complexity index is 966. The van der Waals surface area contributed by atoms with Gasteiger partial charge in [-0.1, -0.05) is 32.4 Å². The highest BCUT2D eigenvalue weighted by Gasteiger charge is 2.61. The van der Waals surface area contributed by atoms with Crippen LogP contribution in [0.5, 0.6) is 5.75 Å². The molecule has 0 amide bonds. The van der Waals surface area contributed by atoms with Crippen molar-refractivity contribution in [2.75, 3.05) is 11.5 Å². The lowest BCUT2D eigenvalue weighted by molar-refractivity contribution is -0.0784. The number of hydrogen-bond acceptors (Lipinski definition) is 3. The van der Waals surface area contributed by atoms with E-state index in [0.717, 1.165) is 41.3 Å². The highest BCUT2D eigenvalue weighted by atomic mass is 16.5. The molecule has 4 N–H and O–H groups in total. The number of allylic oxidation sites excluding steroid dienone is 2. The van der Waals surface area contributed by atoms with E-state index in [1.54, 1.807) is 0 Å². The van der Waals surface area contributed by atoms with Crippen LogP contribution in [0.1, 0.15) is 105 Å². The predicted octanol–water partition coefficient (Wildman–Crippen LogP) is 8.64. The van der Waals surface area contributed by atoms with Crippen molar-refractivity contribution in [1.29, 1.82) is 0 Å². The van der Waals surface area contributed by atoms with Gasteiger partial charge in [-0.2, -0.15) is 0 Å². The maximum atomic E-state index is 6.50. The normalized spacial score (nSPS) is 40.5. The highest BCUT2D eigenvalue weighted by molar-refractivity contribution is 5.60. The first-order valence-electron chi connectivity index (χ1n) is 15.1. The number of anilines is 2. The molecule has 200 valence electrons. The minimum Gasteiger partial charge on any atom is -0.488 e. The lowest BCUT2D eigenvalue weighted by Gasteiger charge is -2.56. The fraction of sp³-hybridized carbons (Fsp3) is 0.758. The summed E-state index contributed by atoms with van der Waals surface area (Å²) in [5.41, 5.74) is 16.1. The Morgan fingerprint density at radius 3 is 2.64 bits per heavy atom. The summed E-state index contributed by atoms with van der Waals surface area (Å²) in [7, 11) is 0. The summed E-state index contributed by atoms with van der Waals surface area (Å²) in [6, 6.07) is 5.70. The van der Waals surface area contributed by atoms with Crippen molar-refractivity contribution in [2.24, 2.45) is 46.3 Å². The van der Waals surface area contributed by atoms with E-state index in [-0.39, 0.29) is 6.10 Å². The molecule has 5 rings (SSSR count). The van der Waals surface area contributed by atoms with Gasteiger partial charge in [-0.15, -0.1) is 0 Å².